The van der Waals surface area contributed by atoms with Crippen LogP contribution in [-0.2, 0) is 13.5 Å². The Morgan fingerprint density at radius 1 is 1.33 bits per heavy atom. The average Bonchev–Trinajstić information content (AvgIpc) is 3.19. The fourth-order valence-electron chi connectivity index (χ4n) is 3.08. The number of benzene rings is 1. The summed E-state index contributed by atoms with van der Waals surface area (Å²) in [6.07, 6.45) is 0.780. The lowest BCUT2D eigenvalue weighted by Gasteiger charge is -2.14. The maximum atomic E-state index is 12.6. The number of carbonyl (C=O) groups excluding carboxylic acids is 1. The second-order valence-corrected chi connectivity index (χ2v) is 7.18. The van der Waals surface area contributed by atoms with E-state index in [0.29, 0.717) is 12.2 Å². The van der Waals surface area contributed by atoms with Crippen LogP contribution in [0.4, 0.5) is 0 Å². The number of para-hydroxylation sites is 1. The highest BCUT2D eigenvalue weighted by atomic mass is 32.1. The van der Waals surface area contributed by atoms with E-state index < -0.39 is 0 Å². The minimum atomic E-state index is -0.0993. The summed E-state index contributed by atoms with van der Waals surface area (Å²) in [5.74, 6) is -0.0678. The zero-order valence-corrected chi connectivity index (χ0v) is 14.8. The Kier molecular flexibility index (Phi) is 5.02. The van der Waals surface area contributed by atoms with E-state index in [1.807, 2.05) is 54.3 Å². The highest BCUT2D eigenvalue weighted by Gasteiger charge is 2.16. The van der Waals surface area contributed by atoms with E-state index in [2.05, 4.69) is 11.4 Å². The predicted molar refractivity (Wildman–Crippen MR) is 98.6 cm³/mol. The van der Waals surface area contributed by atoms with E-state index in [1.54, 1.807) is 11.3 Å². The first-order valence-corrected chi connectivity index (χ1v) is 8.94. The van der Waals surface area contributed by atoms with Gasteiger partial charge in [0.15, 0.2) is 0 Å². The van der Waals surface area contributed by atoms with Crippen molar-refractivity contribution in [1.29, 1.82) is 0 Å². The molecule has 0 spiro atoms. The van der Waals surface area contributed by atoms with Gasteiger partial charge < -0.3 is 15.0 Å². The number of fused-ring (bicyclic) bond motifs is 1. The van der Waals surface area contributed by atoms with Crippen molar-refractivity contribution in [3.63, 3.8) is 0 Å². The average molecular weight is 342 g/mol. The van der Waals surface area contributed by atoms with E-state index in [4.69, 9.17) is 0 Å². The summed E-state index contributed by atoms with van der Waals surface area (Å²) >= 11 is 1.68. The van der Waals surface area contributed by atoms with Crippen molar-refractivity contribution in [2.24, 2.45) is 13.0 Å². The van der Waals surface area contributed by atoms with Gasteiger partial charge in [0.1, 0.15) is 5.69 Å². The van der Waals surface area contributed by atoms with Crippen LogP contribution in [0, 0.1) is 12.8 Å². The molecular weight excluding hydrogens is 320 g/mol. The van der Waals surface area contributed by atoms with Gasteiger partial charge in [0.05, 0.1) is 5.52 Å². The summed E-state index contributed by atoms with van der Waals surface area (Å²) in [5.41, 5.74) is 2.88. The quantitative estimate of drug-likeness (QED) is 0.723. The molecule has 5 heteroatoms. The molecule has 0 aliphatic carbocycles. The first-order valence-electron chi connectivity index (χ1n) is 8.06. The van der Waals surface area contributed by atoms with E-state index in [1.165, 1.54) is 4.88 Å². The normalized spacial score (nSPS) is 12.5. The van der Waals surface area contributed by atoms with Crippen LogP contribution in [0.1, 0.15) is 20.9 Å². The van der Waals surface area contributed by atoms with Crippen molar-refractivity contribution in [1.82, 2.24) is 9.88 Å². The lowest BCUT2D eigenvalue weighted by Crippen LogP contribution is -2.32. The van der Waals surface area contributed by atoms with Crippen molar-refractivity contribution in [3.05, 3.63) is 57.9 Å². The van der Waals surface area contributed by atoms with Crippen LogP contribution in [-0.4, -0.2) is 28.7 Å². The molecule has 1 amide bonds. The van der Waals surface area contributed by atoms with Crippen molar-refractivity contribution >= 4 is 28.1 Å². The van der Waals surface area contributed by atoms with Gasteiger partial charge in [0, 0.05) is 36.4 Å². The number of carbonyl (C=O) groups is 1. The molecule has 2 aromatic heterocycles. The Bertz CT molecular complexity index is 837. The number of aryl methyl sites for hydroxylation is 2. The molecule has 24 heavy (non-hydrogen) atoms. The van der Waals surface area contributed by atoms with Gasteiger partial charge in [-0.2, -0.15) is 0 Å². The third-order valence-electron chi connectivity index (χ3n) is 4.37. The minimum Gasteiger partial charge on any atom is -0.396 e. The SMILES string of the molecule is Cc1cccc2cc(C(=O)NC[C@@H](CO)Cc3cccs3)n(C)c12. The minimum absolute atomic E-state index is 0.0315. The van der Waals surface area contributed by atoms with Gasteiger partial charge in [-0.1, -0.05) is 24.3 Å². The number of rotatable bonds is 6. The number of hydrogen-bond acceptors (Lipinski definition) is 3. The van der Waals surface area contributed by atoms with Gasteiger partial charge in [-0.25, -0.2) is 0 Å². The molecule has 0 saturated carbocycles. The van der Waals surface area contributed by atoms with Gasteiger partial charge in [-0.15, -0.1) is 11.3 Å². The van der Waals surface area contributed by atoms with Crippen molar-refractivity contribution < 1.29 is 9.90 Å². The number of amides is 1. The molecule has 0 radical (unpaired) electrons. The summed E-state index contributed by atoms with van der Waals surface area (Å²) in [7, 11) is 1.92. The number of nitrogens with zero attached hydrogens (tertiary/aromatic N) is 1. The molecule has 3 aromatic rings. The monoisotopic (exact) mass is 342 g/mol. The number of aliphatic hydroxyl groups is 1. The van der Waals surface area contributed by atoms with Gasteiger partial charge in [0.25, 0.3) is 5.91 Å². The summed E-state index contributed by atoms with van der Waals surface area (Å²) in [4.78, 5) is 13.8. The smallest absolute Gasteiger partial charge is 0.267 e. The molecule has 1 aromatic carbocycles. The third-order valence-corrected chi connectivity index (χ3v) is 5.27. The van der Waals surface area contributed by atoms with Gasteiger partial charge in [0.2, 0.25) is 0 Å². The van der Waals surface area contributed by atoms with Crippen LogP contribution >= 0.6 is 11.3 Å². The van der Waals surface area contributed by atoms with E-state index in [0.717, 1.165) is 22.9 Å². The van der Waals surface area contributed by atoms with Crippen LogP contribution < -0.4 is 5.32 Å². The van der Waals surface area contributed by atoms with Gasteiger partial charge in [-0.05, 0) is 36.4 Å². The zero-order chi connectivity index (χ0) is 17.1. The molecule has 0 bridgehead atoms. The molecular formula is C19H22N2O2S. The van der Waals surface area contributed by atoms with Crippen LogP contribution in [0.5, 0.6) is 0 Å². The Morgan fingerprint density at radius 2 is 2.17 bits per heavy atom. The van der Waals surface area contributed by atoms with Crippen LogP contribution in [0.25, 0.3) is 10.9 Å². The standard InChI is InChI=1S/C19H22N2O2S/c1-13-5-3-6-15-10-17(21(2)18(13)15)19(23)20-11-14(12-22)9-16-7-4-8-24-16/h3-8,10,14,22H,9,11-12H2,1-2H3,(H,20,23)/t14-/m0/s1. The molecule has 4 nitrogen and oxygen atoms in total. The maximum absolute atomic E-state index is 12.6. The number of nitrogens with one attached hydrogen (secondary N) is 1. The molecule has 0 aliphatic rings. The summed E-state index contributed by atoms with van der Waals surface area (Å²) in [6.45, 7) is 2.58. The van der Waals surface area contributed by atoms with Crippen molar-refractivity contribution in [2.75, 3.05) is 13.2 Å². The molecule has 0 saturated heterocycles. The molecule has 0 unspecified atom stereocenters. The van der Waals surface area contributed by atoms with Crippen LogP contribution in [0.15, 0.2) is 41.8 Å². The Labute approximate surface area is 145 Å². The fraction of sp³-hybridized carbons (Fsp3) is 0.316. The first kappa shape index (κ1) is 16.7. The van der Waals surface area contributed by atoms with Crippen molar-refractivity contribution in [2.45, 2.75) is 13.3 Å². The molecule has 2 N–H and O–H groups in total. The van der Waals surface area contributed by atoms with Crippen LogP contribution in [0.3, 0.4) is 0 Å². The zero-order valence-electron chi connectivity index (χ0n) is 14.0. The Balaban J connectivity index is 1.70. The number of aromatic nitrogens is 1. The largest absolute Gasteiger partial charge is 0.396 e. The molecule has 3 rings (SSSR count). The van der Waals surface area contributed by atoms with E-state index >= 15 is 0 Å². The second-order valence-electron chi connectivity index (χ2n) is 6.14. The molecule has 126 valence electrons. The first-order chi connectivity index (χ1) is 11.6. The predicted octanol–water partition coefficient (Wildman–Crippen LogP) is 3.13. The third kappa shape index (κ3) is 3.37. The van der Waals surface area contributed by atoms with E-state index in [9.17, 15) is 9.90 Å². The van der Waals surface area contributed by atoms with Gasteiger partial charge >= 0.3 is 0 Å². The summed E-state index contributed by atoms with van der Waals surface area (Å²) < 4.78 is 1.94. The Morgan fingerprint density at radius 3 is 2.83 bits per heavy atom. The van der Waals surface area contributed by atoms with Crippen molar-refractivity contribution in [3.8, 4) is 0 Å². The topological polar surface area (TPSA) is 54.3 Å². The van der Waals surface area contributed by atoms with E-state index in [-0.39, 0.29) is 18.4 Å². The fourth-order valence-corrected chi connectivity index (χ4v) is 3.90. The maximum Gasteiger partial charge on any atom is 0.267 e. The summed E-state index contributed by atoms with van der Waals surface area (Å²) in [5, 5.41) is 15.6. The second kappa shape index (κ2) is 7.20. The lowest BCUT2D eigenvalue weighted by molar-refractivity contribution is 0.0932. The molecule has 1 atom stereocenters. The number of aliphatic hydroxyl groups excluding tert-OH is 1. The highest BCUT2D eigenvalue weighted by molar-refractivity contribution is 7.09. The summed E-state index contributed by atoms with van der Waals surface area (Å²) in [6, 6.07) is 12.1. The highest BCUT2D eigenvalue weighted by Crippen LogP contribution is 2.22. The molecule has 2 heterocycles. The number of thiophene rings is 1. The van der Waals surface area contributed by atoms with Gasteiger partial charge in [-0.3, -0.25) is 4.79 Å². The van der Waals surface area contributed by atoms with Crippen LogP contribution in [0.2, 0.25) is 0 Å². The molecule has 0 fully saturated rings. The molecule has 0 aliphatic heterocycles. The number of hydrogen-bond donors (Lipinski definition) is 2. The Hall–Kier alpha value is -2.11. The lowest BCUT2D eigenvalue weighted by atomic mass is 10.1.